The van der Waals surface area contributed by atoms with E-state index in [2.05, 4.69) is 5.32 Å². The summed E-state index contributed by atoms with van der Waals surface area (Å²) in [6, 6.07) is 0. The predicted molar refractivity (Wildman–Crippen MR) is 53.9 cm³/mol. The molecular weight excluding hydrogens is 186 g/mol. The van der Waals surface area contributed by atoms with Gasteiger partial charge in [0.1, 0.15) is 0 Å². The van der Waals surface area contributed by atoms with E-state index in [0.717, 1.165) is 12.1 Å². The maximum atomic E-state index is 11.0. The number of allylic oxidation sites excluding steroid dienone is 2. The fourth-order valence-electron chi connectivity index (χ4n) is 1.21. The van der Waals surface area contributed by atoms with Gasteiger partial charge < -0.3 is 5.32 Å². The molecule has 74 valence electrons. The lowest BCUT2D eigenvalue weighted by atomic mass is 10.3. The van der Waals surface area contributed by atoms with E-state index in [1.807, 2.05) is 6.92 Å². The molecule has 1 aliphatic rings. The van der Waals surface area contributed by atoms with Gasteiger partial charge in [0, 0.05) is 47.0 Å². The molecule has 0 spiro atoms. The first-order valence-electron chi connectivity index (χ1n) is 4.54. The molecule has 13 heavy (non-hydrogen) atoms. The van der Waals surface area contributed by atoms with Gasteiger partial charge in [-0.25, -0.2) is 0 Å². The summed E-state index contributed by atoms with van der Waals surface area (Å²) in [4.78, 5) is 10.8. The van der Waals surface area contributed by atoms with Crippen molar-refractivity contribution in [1.29, 1.82) is 0 Å². The molecule has 1 unspecified atom stereocenters. The van der Waals surface area contributed by atoms with Crippen LogP contribution in [0.15, 0.2) is 11.8 Å². The Labute approximate surface area is 81.0 Å². The smallest absolute Gasteiger partial charge is 0.157 e. The van der Waals surface area contributed by atoms with Crippen LogP contribution in [0.25, 0.3) is 0 Å². The highest BCUT2D eigenvalue weighted by molar-refractivity contribution is 7.84. The topological polar surface area (TPSA) is 46.2 Å². The lowest BCUT2D eigenvalue weighted by Crippen LogP contribution is -2.19. The average molecular weight is 201 g/mol. The second-order valence-corrected chi connectivity index (χ2v) is 4.86. The first kappa shape index (κ1) is 10.4. The van der Waals surface area contributed by atoms with Gasteiger partial charge in [-0.3, -0.25) is 9.00 Å². The van der Waals surface area contributed by atoms with E-state index in [1.165, 1.54) is 0 Å². The highest BCUT2D eigenvalue weighted by Crippen LogP contribution is 2.10. The molecule has 3 nitrogen and oxygen atoms in total. The van der Waals surface area contributed by atoms with Gasteiger partial charge in [0.2, 0.25) is 0 Å². The van der Waals surface area contributed by atoms with Gasteiger partial charge in [-0.2, -0.15) is 0 Å². The summed E-state index contributed by atoms with van der Waals surface area (Å²) in [5.74, 6) is 1.57. The van der Waals surface area contributed by atoms with E-state index in [1.54, 1.807) is 6.08 Å². The van der Waals surface area contributed by atoms with Gasteiger partial charge in [-0.1, -0.05) is 6.92 Å². The molecule has 0 aromatic rings. The van der Waals surface area contributed by atoms with Crippen LogP contribution in [-0.2, 0) is 15.6 Å². The van der Waals surface area contributed by atoms with Gasteiger partial charge >= 0.3 is 0 Å². The molecule has 4 heteroatoms. The third-order valence-electron chi connectivity index (χ3n) is 1.98. The van der Waals surface area contributed by atoms with Crippen molar-refractivity contribution in [3.8, 4) is 0 Å². The number of hydrogen-bond acceptors (Lipinski definition) is 3. The number of carbonyl (C=O) groups is 1. The monoisotopic (exact) mass is 201 g/mol. The van der Waals surface area contributed by atoms with Crippen molar-refractivity contribution >= 4 is 16.6 Å². The predicted octanol–water partition coefficient (Wildman–Crippen LogP) is 0.591. The number of hydrogen-bond donors (Lipinski definition) is 1. The summed E-state index contributed by atoms with van der Waals surface area (Å²) >= 11 is 0. The fourth-order valence-corrected chi connectivity index (χ4v) is 1.82. The van der Waals surface area contributed by atoms with Crippen LogP contribution in [0.5, 0.6) is 0 Å². The zero-order chi connectivity index (χ0) is 9.68. The molecule has 0 radical (unpaired) electrons. The molecule has 0 heterocycles. The maximum absolute atomic E-state index is 11.0. The van der Waals surface area contributed by atoms with Gasteiger partial charge in [-0.05, 0) is 6.42 Å². The van der Waals surface area contributed by atoms with Crippen molar-refractivity contribution in [2.75, 3.05) is 18.1 Å². The number of carbonyl (C=O) groups excluding carboxylic acids is 1. The zero-order valence-corrected chi connectivity index (χ0v) is 8.65. The Morgan fingerprint density at radius 2 is 2.31 bits per heavy atom. The molecular formula is C9H15NO2S. The Hall–Kier alpha value is -0.640. The Balaban J connectivity index is 2.16. The number of rotatable bonds is 5. The molecule has 0 amide bonds. The van der Waals surface area contributed by atoms with Crippen LogP contribution in [0.2, 0.25) is 0 Å². The summed E-state index contributed by atoms with van der Waals surface area (Å²) in [5, 5.41) is 3.12. The van der Waals surface area contributed by atoms with Crippen LogP contribution in [0, 0.1) is 0 Å². The average Bonchev–Trinajstić information content (AvgIpc) is 2.51. The Morgan fingerprint density at radius 3 is 2.85 bits per heavy atom. The van der Waals surface area contributed by atoms with Crippen molar-refractivity contribution < 1.29 is 9.00 Å². The lowest BCUT2D eigenvalue weighted by molar-refractivity contribution is -0.114. The Kier molecular flexibility index (Phi) is 4.15. The number of ketones is 1. The van der Waals surface area contributed by atoms with Crippen molar-refractivity contribution in [3.05, 3.63) is 11.8 Å². The summed E-state index contributed by atoms with van der Waals surface area (Å²) in [6.07, 6.45) is 3.09. The molecule has 0 saturated carbocycles. The quantitative estimate of drug-likeness (QED) is 0.708. The lowest BCUT2D eigenvalue weighted by Gasteiger charge is -2.04. The third-order valence-corrected chi connectivity index (χ3v) is 3.28. The normalized spacial score (nSPS) is 18.5. The van der Waals surface area contributed by atoms with Crippen LogP contribution in [0.1, 0.15) is 19.8 Å². The van der Waals surface area contributed by atoms with Crippen molar-refractivity contribution in [3.63, 3.8) is 0 Å². The van der Waals surface area contributed by atoms with E-state index in [0.29, 0.717) is 24.5 Å². The minimum atomic E-state index is -0.710. The van der Waals surface area contributed by atoms with Crippen LogP contribution < -0.4 is 5.32 Å². The summed E-state index contributed by atoms with van der Waals surface area (Å²) in [7, 11) is -0.710. The molecule has 1 atom stereocenters. The van der Waals surface area contributed by atoms with E-state index in [4.69, 9.17) is 0 Å². The highest BCUT2D eigenvalue weighted by atomic mass is 32.2. The molecule has 1 aliphatic carbocycles. The Bertz CT molecular complexity index is 248. The second kappa shape index (κ2) is 5.17. The minimum absolute atomic E-state index is 0.194. The van der Waals surface area contributed by atoms with E-state index < -0.39 is 10.8 Å². The second-order valence-electron chi connectivity index (χ2n) is 3.00. The summed E-state index contributed by atoms with van der Waals surface area (Å²) in [6.45, 7) is 2.62. The standard InChI is InChI=1S/C9H15NO2S/c1-2-13(12)6-5-10-8-3-4-9(11)7-8/h7,10H,2-6H2,1H3. The molecule has 0 saturated heterocycles. The zero-order valence-electron chi connectivity index (χ0n) is 7.84. The van der Waals surface area contributed by atoms with Gasteiger partial charge in [0.25, 0.3) is 0 Å². The molecule has 0 aromatic carbocycles. The Morgan fingerprint density at radius 1 is 1.54 bits per heavy atom. The van der Waals surface area contributed by atoms with Gasteiger partial charge in [0.15, 0.2) is 5.78 Å². The van der Waals surface area contributed by atoms with Crippen LogP contribution in [0.4, 0.5) is 0 Å². The third kappa shape index (κ3) is 3.72. The van der Waals surface area contributed by atoms with Gasteiger partial charge in [0.05, 0.1) is 0 Å². The van der Waals surface area contributed by atoms with Gasteiger partial charge in [-0.15, -0.1) is 0 Å². The first-order valence-corrected chi connectivity index (χ1v) is 6.03. The molecule has 0 bridgehead atoms. The summed E-state index contributed by atoms with van der Waals surface area (Å²) in [5.41, 5.74) is 0.998. The van der Waals surface area contributed by atoms with E-state index in [9.17, 15) is 9.00 Å². The molecule has 0 aromatic heterocycles. The largest absolute Gasteiger partial charge is 0.387 e. The highest BCUT2D eigenvalue weighted by Gasteiger charge is 2.10. The maximum Gasteiger partial charge on any atom is 0.157 e. The molecule has 0 aliphatic heterocycles. The molecule has 1 rings (SSSR count). The molecule has 1 N–H and O–H groups in total. The van der Waals surface area contributed by atoms with Crippen LogP contribution in [0.3, 0.4) is 0 Å². The summed E-state index contributed by atoms with van der Waals surface area (Å²) < 4.78 is 11.0. The van der Waals surface area contributed by atoms with Crippen LogP contribution in [-0.4, -0.2) is 28.0 Å². The minimum Gasteiger partial charge on any atom is -0.387 e. The van der Waals surface area contributed by atoms with E-state index in [-0.39, 0.29) is 5.78 Å². The first-order chi connectivity index (χ1) is 6.22. The number of nitrogens with one attached hydrogen (secondary N) is 1. The van der Waals surface area contributed by atoms with Crippen molar-refractivity contribution in [2.45, 2.75) is 19.8 Å². The van der Waals surface area contributed by atoms with Crippen molar-refractivity contribution in [2.24, 2.45) is 0 Å². The van der Waals surface area contributed by atoms with Crippen molar-refractivity contribution in [1.82, 2.24) is 5.32 Å². The fraction of sp³-hybridized carbons (Fsp3) is 0.667. The molecule has 0 fully saturated rings. The van der Waals surface area contributed by atoms with Crippen LogP contribution >= 0.6 is 0 Å². The SMILES string of the molecule is CCS(=O)CCNC1=CC(=O)CC1. The van der Waals surface area contributed by atoms with E-state index >= 15 is 0 Å².